The highest BCUT2D eigenvalue weighted by atomic mass is 79.9. The summed E-state index contributed by atoms with van der Waals surface area (Å²) in [5.41, 5.74) is 1.96. The second kappa shape index (κ2) is 4.70. The van der Waals surface area contributed by atoms with Crippen molar-refractivity contribution in [2.75, 3.05) is 5.32 Å². The normalized spacial score (nSPS) is 22.1. The lowest BCUT2D eigenvalue weighted by Crippen LogP contribution is -2.31. The number of anilines is 1. The molecule has 2 nitrogen and oxygen atoms in total. The molecule has 0 aromatic heterocycles. The van der Waals surface area contributed by atoms with Gasteiger partial charge in [-0.3, -0.25) is 0 Å². The number of hydrogen-bond donors (Lipinski definition) is 1. The van der Waals surface area contributed by atoms with Crippen molar-refractivity contribution in [2.45, 2.75) is 39.2 Å². The predicted octanol–water partition coefficient (Wildman–Crippen LogP) is 4.31. The highest BCUT2D eigenvalue weighted by Gasteiger charge is 2.34. The molecule has 0 heterocycles. The molecule has 1 aromatic carbocycles. The molecule has 3 heteroatoms. The molecular weight excluding hydrogens is 276 g/mol. The zero-order valence-corrected chi connectivity index (χ0v) is 11.8. The van der Waals surface area contributed by atoms with Gasteiger partial charge in [0.05, 0.1) is 11.3 Å². The Morgan fingerprint density at radius 2 is 2.24 bits per heavy atom. The smallest absolute Gasteiger partial charge is 0.103 e. The molecular formula is C14H17BrN2. The van der Waals surface area contributed by atoms with Crippen molar-refractivity contribution < 1.29 is 0 Å². The van der Waals surface area contributed by atoms with Crippen molar-refractivity contribution in [3.63, 3.8) is 0 Å². The molecule has 1 unspecified atom stereocenters. The molecule has 0 spiro atoms. The Kier molecular flexibility index (Phi) is 3.44. The van der Waals surface area contributed by atoms with Gasteiger partial charge in [-0.2, -0.15) is 5.26 Å². The Labute approximate surface area is 111 Å². The molecule has 1 aliphatic carbocycles. The van der Waals surface area contributed by atoms with E-state index in [1.807, 2.05) is 18.2 Å². The Hall–Kier alpha value is -1.01. The van der Waals surface area contributed by atoms with Crippen LogP contribution in [0, 0.1) is 16.7 Å². The van der Waals surface area contributed by atoms with Gasteiger partial charge in [0.1, 0.15) is 6.07 Å². The van der Waals surface area contributed by atoms with E-state index >= 15 is 0 Å². The molecule has 0 bridgehead atoms. The first-order valence-corrected chi connectivity index (χ1v) is 6.79. The molecule has 2 rings (SSSR count). The predicted molar refractivity (Wildman–Crippen MR) is 73.9 cm³/mol. The van der Waals surface area contributed by atoms with Crippen LogP contribution in [0.25, 0.3) is 0 Å². The summed E-state index contributed by atoms with van der Waals surface area (Å²) < 4.78 is 0.862. The van der Waals surface area contributed by atoms with Gasteiger partial charge in [0.15, 0.2) is 0 Å². The van der Waals surface area contributed by atoms with Crippen LogP contribution in [0.5, 0.6) is 0 Å². The molecule has 1 aromatic rings. The van der Waals surface area contributed by atoms with E-state index in [0.29, 0.717) is 17.0 Å². The van der Waals surface area contributed by atoms with E-state index in [4.69, 9.17) is 0 Å². The summed E-state index contributed by atoms with van der Waals surface area (Å²) in [4.78, 5) is 0. The lowest BCUT2D eigenvalue weighted by atomic mass is 9.87. The molecule has 1 atom stereocenters. The van der Waals surface area contributed by atoms with E-state index in [2.05, 4.69) is 41.2 Å². The van der Waals surface area contributed by atoms with Crippen molar-refractivity contribution in [3.05, 3.63) is 28.2 Å². The first-order chi connectivity index (χ1) is 8.04. The van der Waals surface area contributed by atoms with Crippen LogP contribution in [0.2, 0.25) is 0 Å². The van der Waals surface area contributed by atoms with Gasteiger partial charge in [-0.1, -0.05) is 26.3 Å². The standard InChI is InChI=1S/C14H17BrN2/c1-14(2)8-4-7-13(14)17-12-6-3-5-11(15)10(12)9-16/h3,5-6,13,17H,4,7-8H2,1-2H3. The third kappa shape index (κ3) is 2.47. The number of hydrogen-bond acceptors (Lipinski definition) is 2. The van der Waals surface area contributed by atoms with Gasteiger partial charge in [-0.15, -0.1) is 0 Å². The third-order valence-corrected chi connectivity index (χ3v) is 4.37. The van der Waals surface area contributed by atoms with Crippen molar-refractivity contribution >= 4 is 21.6 Å². The number of benzene rings is 1. The highest BCUT2D eigenvalue weighted by molar-refractivity contribution is 9.10. The van der Waals surface area contributed by atoms with Crippen LogP contribution in [0.15, 0.2) is 22.7 Å². The van der Waals surface area contributed by atoms with E-state index in [0.717, 1.165) is 10.2 Å². The second-order valence-corrected chi connectivity index (χ2v) is 6.21. The summed E-state index contributed by atoms with van der Waals surface area (Å²) in [6.07, 6.45) is 3.70. The van der Waals surface area contributed by atoms with Gasteiger partial charge >= 0.3 is 0 Å². The summed E-state index contributed by atoms with van der Waals surface area (Å²) in [7, 11) is 0. The Morgan fingerprint density at radius 1 is 1.47 bits per heavy atom. The average Bonchev–Trinajstić information content (AvgIpc) is 2.59. The minimum absolute atomic E-state index is 0.315. The average molecular weight is 293 g/mol. The Bertz CT molecular complexity index is 460. The molecule has 17 heavy (non-hydrogen) atoms. The number of nitrogens with zero attached hydrogens (tertiary/aromatic N) is 1. The quantitative estimate of drug-likeness (QED) is 0.882. The van der Waals surface area contributed by atoms with Crippen LogP contribution < -0.4 is 5.32 Å². The minimum Gasteiger partial charge on any atom is -0.381 e. The molecule has 1 fully saturated rings. The summed E-state index contributed by atoms with van der Waals surface area (Å²) in [6.45, 7) is 4.59. The van der Waals surface area contributed by atoms with E-state index in [1.165, 1.54) is 19.3 Å². The highest BCUT2D eigenvalue weighted by Crippen LogP contribution is 2.39. The van der Waals surface area contributed by atoms with Crippen LogP contribution in [0.4, 0.5) is 5.69 Å². The van der Waals surface area contributed by atoms with E-state index in [1.54, 1.807) is 0 Å². The van der Waals surface area contributed by atoms with Crippen molar-refractivity contribution in [3.8, 4) is 6.07 Å². The van der Waals surface area contributed by atoms with E-state index in [-0.39, 0.29) is 0 Å². The summed E-state index contributed by atoms with van der Waals surface area (Å²) in [5, 5.41) is 12.7. The summed E-state index contributed by atoms with van der Waals surface area (Å²) in [6, 6.07) is 8.58. The maximum atomic E-state index is 9.18. The fourth-order valence-corrected chi connectivity index (χ4v) is 2.99. The van der Waals surface area contributed by atoms with Crippen LogP contribution in [-0.4, -0.2) is 6.04 Å². The van der Waals surface area contributed by atoms with Gasteiger partial charge in [-0.25, -0.2) is 0 Å². The van der Waals surface area contributed by atoms with Crippen LogP contribution in [0.3, 0.4) is 0 Å². The van der Waals surface area contributed by atoms with Crippen LogP contribution in [-0.2, 0) is 0 Å². The molecule has 0 aliphatic heterocycles. The van der Waals surface area contributed by atoms with Gasteiger partial charge < -0.3 is 5.32 Å². The monoisotopic (exact) mass is 292 g/mol. The first kappa shape index (κ1) is 12.4. The van der Waals surface area contributed by atoms with Gasteiger partial charge in [-0.05, 0) is 46.3 Å². The molecule has 0 saturated heterocycles. The Morgan fingerprint density at radius 3 is 2.82 bits per heavy atom. The van der Waals surface area contributed by atoms with Gasteiger partial charge in [0.2, 0.25) is 0 Å². The van der Waals surface area contributed by atoms with Crippen molar-refractivity contribution in [1.82, 2.24) is 0 Å². The molecule has 0 amide bonds. The minimum atomic E-state index is 0.315. The zero-order valence-electron chi connectivity index (χ0n) is 10.3. The van der Waals surface area contributed by atoms with Crippen molar-refractivity contribution in [2.24, 2.45) is 5.41 Å². The molecule has 0 radical (unpaired) electrons. The summed E-state index contributed by atoms with van der Waals surface area (Å²) in [5.74, 6) is 0. The topological polar surface area (TPSA) is 35.8 Å². The second-order valence-electron chi connectivity index (χ2n) is 5.35. The zero-order chi connectivity index (χ0) is 12.5. The molecule has 90 valence electrons. The lowest BCUT2D eigenvalue weighted by molar-refractivity contribution is 0.350. The number of nitrogens with one attached hydrogen (secondary N) is 1. The number of halogens is 1. The fraction of sp³-hybridized carbons (Fsp3) is 0.500. The Balaban J connectivity index is 2.25. The van der Waals surface area contributed by atoms with Gasteiger partial charge in [0, 0.05) is 10.5 Å². The van der Waals surface area contributed by atoms with E-state index in [9.17, 15) is 5.26 Å². The van der Waals surface area contributed by atoms with Crippen molar-refractivity contribution in [1.29, 1.82) is 5.26 Å². The van der Waals surface area contributed by atoms with Gasteiger partial charge in [0.25, 0.3) is 0 Å². The maximum Gasteiger partial charge on any atom is 0.103 e. The van der Waals surface area contributed by atoms with Crippen LogP contribution in [0.1, 0.15) is 38.7 Å². The van der Waals surface area contributed by atoms with Crippen LogP contribution >= 0.6 is 15.9 Å². The molecule has 1 aliphatic rings. The number of rotatable bonds is 2. The number of nitriles is 1. The lowest BCUT2D eigenvalue weighted by Gasteiger charge is -2.29. The summed E-state index contributed by atoms with van der Waals surface area (Å²) >= 11 is 3.42. The fourth-order valence-electron chi connectivity index (χ4n) is 2.54. The molecule has 1 saturated carbocycles. The maximum absolute atomic E-state index is 9.18. The SMILES string of the molecule is CC1(C)CCCC1Nc1cccc(Br)c1C#N. The largest absolute Gasteiger partial charge is 0.381 e. The van der Waals surface area contributed by atoms with E-state index < -0.39 is 0 Å². The molecule has 1 N–H and O–H groups in total. The first-order valence-electron chi connectivity index (χ1n) is 6.00. The third-order valence-electron chi connectivity index (χ3n) is 3.71.